The van der Waals surface area contributed by atoms with Crippen LogP contribution >= 0.6 is 11.6 Å². The van der Waals surface area contributed by atoms with Gasteiger partial charge >= 0.3 is 0 Å². The fourth-order valence-electron chi connectivity index (χ4n) is 3.76. The van der Waals surface area contributed by atoms with Crippen LogP contribution in [0.5, 0.6) is 0 Å². The largest absolute Gasteiger partial charge is 0.341 e. The second kappa shape index (κ2) is 6.81. The van der Waals surface area contributed by atoms with E-state index in [9.17, 15) is 0 Å². The van der Waals surface area contributed by atoms with Gasteiger partial charge in [-0.15, -0.1) is 0 Å². The number of aryl methyl sites for hydroxylation is 2. The predicted molar refractivity (Wildman–Crippen MR) is 101 cm³/mol. The number of H-pyrrole nitrogens is 1. The van der Waals surface area contributed by atoms with E-state index in [1.807, 2.05) is 18.2 Å². The molecule has 1 aliphatic rings. The van der Waals surface area contributed by atoms with E-state index in [1.54, 1.807) is 0 Å². The summed E-state index contributed by atoms with van der Waals surface area (Å²) in [6.45, 7) is 7.30. The molecule has 4 rings (SSSR count). The average molecular weight is 358 g/mol. The first-order valence-corrected chi connectivity index (χ1v) is 9.44. The van der Waals surface area contributed by atoms with Gasteiger partial charge in [0.2, 0.25) is 0 Å². The number of likely N-dealkylation sites (tertiary alicyclic amines) is 1. The Balaban J connectivity index is 1.57. The van der Waals surface area contributed by atoms with Crippen LogP contribution in [0.3, 0.4) is 0 Å². The summed E-state index contributed by atoms with van der Waals surface area (Å²) in [6, 6.07) is 6.16. The Morgan fingerprint density at radius 3 is 3.08 bits per heavy atom. The van der Waals surface area contributed by atoms with Gasteiger partial charge in [0.05, 0.1) is 22.8 Å². The molecule has 0 aliphatic carbocycles. The summed E-state index contributed by atoms with van der Waals surface area (Å²) < 4.78 is 2.07. The number of rotatable bonds is 5. The highest BCUT2D eigenvalue weighted by Crippen LogP contribution is 2.33. The quantitative estimate of drug-likeness (QED) is 0.733. The zero-order valence-corrected chi connectivity index (χ0v) is 15.6. The van der Waals surface area contributed by atoms with Gasteiger partial charge in [-0.3, -0.25) is 9.58 Å². The van der Waals surface area contributed by atoms with Crippen LogP contribution in [0.2, 0.25) is 5.02 Å². The highest BCUT2D eigenvalue weighted by molar-refractivity contribution is 6.31. The molecule has 0 amide bonds. The lowest BCUT2D eigenvalue weighted by molar-refractivity contribution is 0.240. The van der Waals surface area contributed by atoms with Crippen molar-refractivity contribution in [1.29, 1.82) is 0 Å². The van der Waals surface area contributed by atoms with Crippen molar-refractivity contribution < 1.29 is 0 Å². The third kappa shape index (κ3) is 3.31. The summed E-state index contributed by atoms with van der Waals surface area (Å²) in [5, 5.41) is 5.38. The lowest BCUT2D eigenvalue weighted by Crippen LogP contribution is -2.23. The topological polar surface area (TPSA) is 49.7 Å². The molecule has 0 bridgehead atoms. The highest BCUT2D eigenvalue weighted by Gasteiger charge is 2.29. The molecule has 1 aromatic carbocycles. The minimum atomic E-state index is 0.333. The molecule has 0 unspecified atom stereocenters. The van der Waals surface area contributed by atoms with Crippen molar-refractivity contribution in [2.75, 3.05) is 6.54 Å². The van der Waals surface area contributed by atoms with Crippen molar-refractivity contribution in [2.45, 2.75) is 52.2 Å². The Hall–Kier alpha value is -1.85. The second-order valence-corrected chi connectivity index (χ2v) is 7.35. The van der Waals surface area contributed by atoms with Crippen molar-refractivity contribution in [3.8, 4) is 0 Å². The summed E-state index contributed by atoms with van der Waals surface area (Å²) >= 11 is 6.10. The van der Waals surface area contributed by atoms with E-state index in [1.165, 1.54) is 12.0 Å². The molecule has 5 nitrogen and oxygen atoms in total. The molecule has 132 valence electrons. The molecule has 0 saturated carbocycles. The highest BCUT2D eigenvalue weighted by atomic mass is 35.5. The van der Waals surface area contributed by atoms with E-state index in [2.05, 4.69) is 39.7 Å². The number of imidazole rings is 1. The molecule has 3 aromatic rings. The summed E-state index contributed by atoms with van der Waals surface area (Å²) in [4.78, 5) is 10.8. The van der Waals surface area contributed by atoms with Gasteiger partial charge in [-0.25, -0.2) is 4.98 Å². The van der Waals surface area contributed by atoms with Crippen LogP contribution in [0.25, 0.3) is 11.0 Å². The number of halogens is 1. The Labute approximate surface area is 153 Å². The zero-order chi connectivity index (χ0) is 17.4. The van der Waals surface area contributed by atoms with Gasteiger partial charge in [-0.2, -0.15) is 5.10 Å². The van der Waals surface area contributed by atoms with Gasteiger partial charge in [-0.05, 0) is 50.9 Å². The lowest BCUT2D eigenvalue weighted by Gasteiger charge is -2.22. The summed E-state index contributed by atoms with van der Waals surface area (Å²) in [7, 11) is 0. The second-order valence-electron chi connectivity index (χ2n) is 6.91. The van der Waals surface area contributed by atoms with Gasteiger partial charge in [0, 0.05) is 29.9 Å². The predicted octanol–water partition coefficient (Wildman–Crippen LogP) is 4.47. The Morgan fingerprint density at radius 2 is 2.24 bits per heavy atom. The first-order chi connectivity index (χ1) is 12.1. The average Bonchev–Trinajstić information content (AvgIpc) is 3.27. The maximum absolute atomic E-state index is 6.10. The number of hydrogen-bond donors (Lipinski definition) is 1. The fraction of sp³-hybridized carbons (Fsp3) is 0.474. The van der Waals surface area contributed by atoms with Crippen molar-refractivity contribution in [1.82, 2.24) is 24.6 Å². The van der Waals surface area contributed by atoms with Crippen molar-refractivity contribution in [3.63, 3.8) is 0 Å². The first-order valence-electron chi connectivity index (χ1n) is 9.06. The molecule has 1 fully saturated rings. The van der Waals surface area contributed by atoms with Crippen LogP contribution in [-0.4, -0.2) is 31.2 Å². The van der Waals surface area contributed by atoms with Crippen LogP contribution in [0.1, 0.15) is 49.3 Å². The molecular formula is C19H24ClN5. The molecule has 1 atom stereocenters. The van der Waals surface area contributed by atoms with Gasteiger partial charge in [0.1, 0.15) is 5.82 Å². The van der Waals surface area contributed by atoms with E-state index in [0.717, 1.165) is 60.1 Å². The smallest absolute Gasteiger partial charge is 0.124 e. The molecule has 25 heavy (non-hydrogen) atoms. The normalized spacial score (nSPS) is 18.4. The molecule has 6 heteroatoms. The zero-order valence-electron chi connectivity index (χ0n) is 14.8. The molecule has 1 N–H and O–H groups in total. The fourth-order valence-corrected chi connectivity index (χ4v) is 3.93. The van der Waals surface area contributed by atoms with Gasteiger partial charge < -0.3 is 4.98 Å². The molecule has 3 heterocycles. The third-order valence-corrected chi connectivity index (χ3v) is 5.25. The van der Waals surface area contributed by atoms with Crippen molar-refractivity contribution >= 4 is 22.6 Å². The lowest BCUT2D eigenvalue weighted by atomic mass is 10.2. The number of nitrogens with zero attached hydrogens (tertiary/aromatic N) is 4. The monoisotopic (exact) mass is 357 g/mol. The number of fused-ring (bicyclic) bond motifs is 1. The SMILES string of the molecule is CCCn1cc(CN2CCC[C@@H]2c2nc3ccc(Cl)cc3[nH]2)c(C)n1. The standard InChI is InChI=1S/C19H24ClN5/c1-3-8-25-12-14(13(2)23-25)11-24-9-4-5-18(24)19-21-16-7-6-15(20)10-17(16)22-19/h6-7,10,12,18H,3-5,8-9,11H2,1-2H3,(H,21,22)/t18-/m1/s1. The van der Waals surface area contributed by atoms with E-state index in [4.69, 9.17) is 16.6 Å². The van der Waals surface area contributed by atoms with Crippen LogP contribution in [0.4, 0.5) is 0 Å². The maximum Gasteiger partial charge on any atom is 0.124 e. The van der Waals surface area contributed by atoms with Crippen molar-refractivity contribution in [3.05, 3.63) is 46.5 Å². The molecule has 2 aromatic heterocycles. The minimum Gasteiger partial charge on any atom is -0.341 e. The van der Waals surface area contributed by atoms with Crippen LogP contribution in [-0.2, 0) is 13.1 Å². The van der Waals surface area contributed by atoms with Crippen LogP contribution in [0, 0.1) is 6.92 Å². The first kappa shape index (κ1) is 16.6. The van der Waals surface area contributed by atoms with Gasteiger partial charge in [0.15, 0.2) is 0 Å². The van der Waals surface area contributed by atoms with Crippen LogP contribution in [0.15, 0.2) is 24.4 Å². The Morgan fingerprint density at radius 1 is 1.36 bits per heavy atom. The summed E-state index contributed by atoms with van der Waals surface area (Å²) in [5.41, 5.74) is 4.45. The molecule has 1 aliphatic heterocycles. The number of nitrogens with one attached hydrogen (secondary N) is 1. The van der Waals surface area contributed by atoms with Gasteiger partial charge in [-0.1, -0.05) is 18.5 Å². The number of hydrogen-bond acceptors (Lipinski definition) is 3. The molecule has 0 spiro atoms. The van der Waals surface area contributed by atoms with Crippen LogP contribution < -0.4 is 0 Å². The Bertz CT molecular complexity index is 881. The van der Waals surface area contributed by atoms with E-state index in [-0.39, 0.29) is 0 Å². The molecular weight excluding hydrogens is 334 g/mol. The van der Waals surface area contributed by atoms with E-state index >= 15 is 0 Å². The summed E-state index contributed by atoms with van der Waals surface area (Å²) in [5.74, 6) is 1.05. The van der Waals surface area contributed by atoms with Crippen molar-refractivity contribution in [2.24, 2.45) is 0 Å². The minimum absolute atomic E-state index is 0.333. The molecule has 1 saturated heterocycles. The third-order valence-electron chi connectivity index (χ3n) is 5.02. The van der Waals surface area contributed by atoms with E-state index < -0.39 is 0 Å². The maximum atomic E-state index is 6.10. The number of aromatic nitrogens is 4. The molecule has 0 radical (unpaired) electrons. The Kier molecular flexibility index (Phi) is 4.52. The van der Waals surface area contributed by atoms with Gasteiger partial charge in [0.25, 0.3) is 0 Å². The van der Waals surface area contributed by atoms with E-state index in [0.29, 0.717) is 6.04 Å². The number of aromatic amines is 1. The number of benzene rings is 1. The summed E-state index contributed by atoms with van der Waals surface area (Å²) in [6.07, 6.45) is 5.64.